The average molecular weight is 367 g/mol. The SMILES string of the molecule is CCNC(=NCC1CC1)NCCCC(C)(C)C.I. The van der Waals surface area contributed by atoms with E-state index in [9.17, 15) is 0 Å². The van der Waals surface area contributed by atoms with E-state index in [0.717, 1.165) is 31.5 Å². The van der Waals surface area contributed by atoms with Gasteiger partial charge in [0.15, 0.2) is 5.96 Å². The molecule has 0 aromatic rings. The summed E-state index contributed by atoms with van der Waals surface area (Å²) in [5.74, 6) is 1.85. The molecule has 18 heavy (non-hydrogen) atoms. The Hall–Kier alpha value is 0. The van der Waals surface area contributed by atoms with Crippen molar-refractivity contribution in [3.63, 3.8) is 0 Å². The van der Waals surface area contributed by atoms with Crippen molar-refractivity contribution in [2.75, 3.05) is 19.6 Å². The summed E-state index contributed by atoms with van der Waals surface area (Å²) < 4.78 is 0. The van der Waals surface area contributed by atoms with Crippen LogP contribution in [0.25, 0.3) is 0 Å². The summed E-state index contributed by atoms with van der Waals surface area (Å²) >= 11 is 0. The Morgan fingerprint density at radius 3 is 2.39 bits per heavy atom. The van der Waals surface area contributed by atoms with Gasteiger partial charge < -0.3 is 10.6 Å². The first-order valence-electron chi connectivity index (χ1n) is 7.03. The van der Waals surface area contributed by atoms with E-state index in [-0.39, 0.29) is 24.0 Å². The zero-order chi connectivity index (χ0) is 12.7. The fourth-order valence-electron chi connectivity index (χ4n) is 1.69. The van der Waals surface area contributed by atoms with Crippen molar-refractivity contribution in [1.82, 2.24) is 10.6 Å². The summed E-state index contributed by atoms with van der Waals surface area (Å²) in [6.07, 6.45) is 5.19. The number of hydrogen-bond donors (Lipinski definition) is 2. The van der Waals surface area contributed by atoms with Gasteiger partial charge in [-0.1, -0.05) is 20.8 Å². The molecule has 0 unspecified atom stereocenters. The van der Waals surface area contributed by atoms with E-state index in [2.05, 4.69) is 43.3 Å². The quantitative estimate of drug-likeness (QED) is 0.327. The average Bonchev–Trinajstić information content (AvgIpc) is 3.03. The van der Waals surface area contributed by atoms with Gasteiger partial charge >= 0.3 is 0 Å². The molecule has 1 aliphatic rings. The number of halogens is 1. The van der Waals surface area contributed by atoms with Gasteiger partial charge in [0.05, 0.1) is 0 Å². The molecule has 108 valence electrons. The van der Waals surface area contributed by atoms with Crippen molar-refractivity contribution < 1.29 is 0 Å². The third-order valence-electron chi connectivity index (χ3n) is 2.94. The van der Waals surface area contributed by atoms with E-state index in [1.165, 1.54) is 25.7 Å². The highest BCUT2D eigenvalue weighted by Gasteiger charge is 2.20. The van der Waals surface area contributed by atoms with Crippen LogP contribution in [0.5, 0.6) is 0 Å². The molecule has 0 aliphatic heterocycles. The maximum Gasteiger partial charge on any atom is 0.191 e. The van der Waals surface area contributed by atoms with Crippen LogP contribution in [0.1, 0.15) is 53.4 Å². The third-order valence-corrected chi connectivity index (χ3v) is 2.94. The fourth-order valence-corrected chi connectivity index (χ4v) is 1.69. The van der Waals surface area contributed by atoms with Crippen molar-refractivity contribution in [2.24, 2.45) is 16.3 Å². The zero-order valence-corrected chi connectivity index (χ0v) is 14.7. The highest BCUT2D eigenvalue weighted by Crippen LogP contribution is 2.28. The smallest absolute Gasteiger partial charge is 0.191 e. The van der Waals surface area contributed by atoms with Gasteiger partial charge in [0.1, 0.15) is 0 Å². The molecule has 1 aliphatic carbocycles. The molecular formula is C14H30IN3. The maximum absolute atomic E-state index is 4.60. The van der Waals surface area contributed by atoms with Crippen LogP contribution in [0, 0.1) is 11.3 Å². The second-order valence-electron chi connectivity index (χ2n) is 6.25. The summed E-state index contributed by atoms with van der Waals surface area (Å²) in [6, 6.07) is 0. The van der Waals surface area contributed by atoms with E-state index in [4.69, 9.17) is 0 Å². The Kier molecular flexibility index (Phi) is 8.99. The van der Waals surface area contributed by atoms with Gasteiger partial charge in [-0.25, -0.2) is 0 Å². The van der Waals surface area contributed by atoms with Gasteiger partial charge in [0.2, 0.25) is 0 Å². The molecule has 2 N–H and O–H groups in total. The summed E-state index contributed by atoms with van der Waals surface area (Å²) in [5, 5.41) is 6.72. The molecule has 0 heterocycles. The lowest BCUT2D eigenvalue weighted by Crippen LogP contribution is -2.38. The van der Waals surface area contributed by atoms with Gasteiger partial charge in [-0.15, -0.1) is 24.0 Å². The van der Waals surface area contributed by atoms with Crippen LogP contribution in [0.3, 0.4) is 0 Å². The molecule has 0 aromatic heterocycles. The molecule has 3 nitrogen and oxygen atoms in total. The van der Waals surface area contributed by atoms with E-state index < -0.39 is 0 Å². The first-order chi connectivity index (χ1) is 8.01. The van der Waals surface area contributed by atoms with Crippen molar-refractivity contribution in [1.29, 1.82) is 0 Å². The largest absolute Gasteiger partial charge is 0.357 e. The number of hydrogen-bond acceptors (Lipinski definition) is 1. The first kappa shape index (κ1) is 18.0. The first-order valence-corrected chi connectivity index (χ1v) is 7.03. The lowest BCUT2D eigenvalue weighted by Gasteiger charge is -2.18. The van der Waals surface area contributed by atoms with E-state index in [1.54, 1.807) is 0 Å². The van der Waals surface area contributed by atoms with Gasteiger partial charge in [0, 0.05) is 19.6 Å². The minimum atomic E-state index is 0. The second kappa shape index (κ2) is 8.99. The van der Waals surface area contributed by atoms with Crippen molar-refractivity contribution in [2.45, 2.75) is 53.4 Å². The van der Waals surface area contributed by atoms with E-state index >= 15 is 0 Å². The normalized spacial score (nSPS) is 16.1. The monoisotopic (exact) mass is 367 g/mol. The molecular weight excluding hydrogens is 337 g/mol. The Labute approximate surface area is 130 Å². The van der Waals surface area contributed by atoms with Crippen LogP contribution in [-0.2, 0) is 0 Å². The van der Waals surface area contributed by atoms with Crippen LogP contribution in [0.2, 0.25) is 0 Å². The number of rotatable bonds is 6. The Morgan fingerprint density at radius 1 is 1.22 bits per heavy atom. The van der Waals surface area contributed by atoms with Crippen molar-refractivity contribution in [3.05, 3.63) is 0 Å². The van der Waals surface area contributed by atoms with Crippen LogP contribution >= 0.6 is 24.0 Å². The molecule has 0 amide bonds. The Balaban J connectivity index is 0.00000289. The Bertz CT molecular complexity index is 242. The predicted octanol–water partition coefficient (Wildman–Crippen LogP) is 3.40. The van der Waals surface area contributed by atoms with Gasteiger partial charge in [0.25, 0.3) is 0 Å². The predicted molar refractivity (Wildman–Crippen MR) is 90.8 cm³/mol. The molecule has 0 atom stereocenters. The highest BCUT2D eigenvalue weighted by atomic mass is 127. The van der Waals surface area contributed by atoms with E-state index in [1.807, 2.05) is 0 Å². The molecule has 1 fully saturated rings. The number of aliphatic imine (C=N–C) groups is 1. The highest BCUT2D eigenvalue weighted by molar-refractivity contribution is 14.0. The second-order valence-corrected chi connectivity index (χ2v) is 6.25. The number of nitrogens with zero attached hydrogens (tertiary/aromatic N) is 1. The summed E-state index contributed by atoms with van der Waals surface area (Å²) in [4.78, 5) is 4.60. The van der Waals surface area contributed by atoms with Crippen molar-refractivity contribution in [3.8, 4) is 0 Å². The van der Waals surface area contributed by atoms with Crippen LogP contribution in [0.4, 0.5) is 0 Å². The van der Waals surface area contributed by atoms with Gasteiger partial charge in [-0.3, -0.25) is 4.99 Å². The molecule has 1 saturated carbocycles. The molecule has 0 aromatic carbocycles. The Morgan fingerprint density at radius 2 is 1.89 bits per heavy atom. The lowest BCUT2D eigenvalue weighted by molar-refractivity contribution is 0.365. The lowest BCUT2D eigenvalue weighted by atomic mass is 9.91. The molecule has 0 radical (unpaired) electrons. The van der Waals surface area contributed by atoms with Crippen LogP contribution in [0.15, 0.2) is 4.99 Å². The van der Waals surface area contributed by atoms with Crippen molar-refractivity contribution >= 4 is 29.9 Å². The molecule has 0 saturated heterocycles. The van der Waals surface area contributed by atoms with Crippen LogP contribution < -0.4 is 10.6 Å². The standard InChI is InChI=1S/C14H29N3.HI/c1-5-15-13(17-11-12-7-8-12)16-10-6-9-14(2,3)4;/h12H,5-11H2,1-4H3,(H2,15,16,17);1H. The minimum absolute atomic E-state index is 0. The minimum Gasteiger partial charge on any atom is -0.357 e. The molecule has 1 rings (SSSR count). The van der Waals surface area contributed by atoms with Gasteiger partial charge in [-0.05, 0) is 43.9 Å². The maximum atomic E-state index is 4.60. The topological polar surface area (TPSA) is 36.4 Å². The summed E-state index contributed by atoms with van der Waals surface area (Å²) in [5.41, 5.74) is 0.436. The van der Waals surface area contributed by atoms with E-state index in [0.29, 0.717) is 5.41 Å². The third kappa shape index (κ3) is 9.97. The summed E-state index contributed by atoms with van der Waals surface area (Å²) in [7, 11) is 0. The number of guanidine groups is 1. The number of nitrogens with one attached hydrogen (secondary N) is 2. The molecule has 0 spiro atoms. The van der Waals surface area contributed by atoms with Gasteiger partial charge in [-0.2, -0.15) is 0 Å². The summed E-state index contributed by atoms with van der Waals surface area (Å²) in [6.45, 7) is 11.9. The molecule has 4 heteroatoms. The fraction of sp³-hybridized carbons (Fsp3) is 0.929. The zero-order valence-electron chi connectivity index (χ0n) is 12.4. The molecule has 0 bridgehead atoms. The van der Waals surface area contributed by atoms with Crippen LogP contribution in [-0.4, -0.2) is 25.6 Å².